The summed E-state index contributed by atoms with van der Waals surface area (Å²) >= 11 is 0. The van der Waals surface area contributed by atoms with Crippen LogP contribution in [0.3, 0.4) is 0 Å². The SMILES string of the molecule is NS(=O)(=O)CCNC(=O)c1n[nH]c2c1CCC2. The fourth-order valence-electron chi connectivity index (χ4n) is 1.90. The molecule has 0 atom stereocenters. The number of primary sulfonamides is 1. The maximum Gasteiger partial charge on any atom is 0.272 e. The van der Waals surface area contributed by atoms with Crippen LogP contribution in [0.15, 0.2) is 0 Å². The van der Waals surface area contributed by atoms with E-state index >= 15 is 0 Å². The Bertz CT molecular complexity index is 534. The topological polar surface area (TPSA) is 118 Å². The van der Waals surface area contributed by atoms with Crippen LogP contribution >= 0.6 is 0 Å². The predicted molar refractivity (Wildman–Crippen MR) is 60.9 cm³/mol. The van der Waals surface area contributed by atoms with Gasteiger partial charge in [-0.05, 0) is 19.3 Å². The van der Waals surface area contributed by atoms with Crippen LogP contribution in [0.25, 0.3) is 0 Å². The zero-order chi connectivity index (χ0) is 12.5. The summed E-state index contributed by atoms with van der Waals surface area (Å²) in [7, 11) is -3.54. The second-order valence-corrected chi connectivity index (χ2v) is 5.74. The first-order chi connectivity index (χ1) is 7.97. The number of hydrogen-bond donors (Lipinski definition) is 3. The number of aryl methyl sites for hydroxylation is 1. The van der Waals surface area contributed by atoms with Gasteiger partial charge in [-0.15, -0.1) is 0 Å². The fourth-order valence-corrected chi connectivity index (χ4v) is 2.28. The van der Waals surface area contributed by atoms with Crippen LogP contribution in [0.5, 0.6) is 0 Å². The van der Waals surface area contributed by atoms with Crippen molar-refractivity contribution < 1.29 is 13.2 Å². The number of nitrogens with two attached hydrogens (primary N) is 1. The van der Waals surface area contributed by atoms with Crippen LogP contribution in [0, 0.1) is 0 Å². The molecule has 1 aliphatic carbocycles. The summed E-state index contributed by atoms with van der Waals surface area (Å²) in [6.07, 6.45) is 2.76. The third kappa shape index (κ3) is 2.83. The van der Waals surface area contributed by atoms with Crippen LogP contribution in [-0.4, -0.2) is 36.8 Å². The van der Waals surface area contributed by atoms with E-state index in [1.807, 2.05) is 0 Å². The van der Waals surface area contributed by atoms with E-state index in [0.29, 0.717) is 5.69 Å². The van der Waals surface area contributed by atoms with Crippen LogP contribution in [-0.2, 0) is 22.9 Å². The summed E-state index contributed by atoms with van der Waals surface area (Å²) in [5.74, 6) is -0.626. The number of rotatable bonds is 4. The molecule has 0 unspecified atom stereocenters. The number of H-pyrrole nitrogens is 1. The van der Waals surface area contributed by atoms with Gasteiger partial charge in [0.05, 0.1) is 5.75 Å². The maximum atomic E-state index is 11.7. The molecule has 1 aliphatic rings. The van der Waals surface area contributed by atoms with Gasteiger partial charge in [-0.3, -0.25) is 9.89 Å². The third-order valence-electron chi connectivity index (χ3n) is 2.69. The average molecular weight is 258 g/mol. The first-order valence-corrected chi connectivity index (χ1v) is 7.04. The highest BCUT2D eigenvalue weighted by Gasteiger charge is 2.22. The number of sulfonamides is 1. The lowest BCUT2D eigenvalue weighted by Gasteiger charge is -2.02. The van der Waals surface area contributed by atoms with Gasteiger partial charge in [0.2, 0.25) is 10.0 Å². The quantitative estimate of drug-likeness (QED) is 0.636. The molecule has 0 aliphatic heterocycles. The molecule has 0 saturated carbocycles. The molecule has 0 spiro atoms. The molecule has 8 heteroatoms. The van der Waals surface area contributed by atoms with E-state index in [1.54, 1.807) is 0 Å². The molecule has 1 aromatic rings. The van der Waals surface area contributed by atoms with Gasteiger partial charge < -0.3 is 5.32 Å². The minimum absolute atomic E-state index is 0.000694. The lowest BCUT2D eigenvalue weighted by molar-refractivity contribution is 0.0950. The Morgan fingerprint density at radius 1 is 1.47 bits per heavy atom. The Labute approximate surface area is 98.8 Å². The summed E-state index contributed by atoms with van der Waals surface area (Å²) in [5, 5.41) is 14.1. The summed E-state index contributed by atoms with van der Waals surface area (Å²) in [6, 6.07) is 0. The predicted octanol–water partition coefficient (Wildman–Crippen LogP) is -1.08. The van der Waals surface area contributed by atoms with Gasteiger partial charge in [0.25, 0.3) is 5.91 Å². The maximum absolute atomic E-state index is 11.7. The molecule has 7 nitrogen and oxygen atoms in total. The molecule has 0 bridgehead atoms. The van der Waals surface area contributed by atoms with Crippen molar-refractivity contribution in [3.05, 3.63) is 17.0 Å². The number of nitrogens with one attached hydrogen (secondary N) is 2. The molecule has 0 aromatic carbocycles. The van der Waals surface area contributed by atoms with Gasteiger partial charge >= 0.3 is 0 Å². The molecule has 1 aromatic heterocycles. The van der Waals surface area contributed by atoms with Crippen molar-refractivity contribution in [1.29, 1.82) is 0 Å². The van der Waals surface area contributed by atoms with Crippen molar-refractivity contribution in [2.24, 2.45) is 5.14 Å². The van der Waals surface area contributed by atoms with Crippen LogP contribution in [0.2, 0.25) is 0 Å². The molecule has 0 fully saturated rings. The van der Waals surface area contributed by atoms with Gasteiger partial charge in [-0.1, -0.05) is 0 Å². The van der Waals surface area contributed by atoms with Gasteiger partial charge in [0.1, 0.15) is 0 Å². The number of amides is 1. The molecule has 0 radical (unpaired) electrons. The minimum Gasteiger partial charge on any atom is -0.350 e. The van der Waals surface area contributed by atoms with Crippen molar-refractivity contribution in [3.63, 3.8) is 0 Å². The standard InChI is InChI=1S/C9H14N4O3S/c10-17(15,16)5-4-11-9(14)8-6-2-1-3-7(6)12-13-8/h1-5H2,(H,11,14)(H,12,13)(H2,10,15,16). The molecular formula is C9H14N4O3S. The molecular weight excluding hydrogens is 244 g/mol. The number of carbonyl (C=O) groups excluding carboxylic acids is 1. The summed E-state index contributed by atoms with van der Waals surface area (Å²) in [6.45, 7) is -0.000694. The Kier molecular flexibility index (Phi) is 3.16. The number of aromatic amines is 1. The molecule has 0 saturated heterocycles. The van der Waals surface area contributed by atoms with E-state index in [0.717, 1.165) is 30.5 Å². The normalized spacial score (nSPS) is 14.6. The van der Waals surface area contributed by atoms with Crippen LogP contribution in [0.1, 0.15) is 28.2 Å². The minimum atomic E-state index is -3.54. The Hall–Kier alpha value is -1.41. The zero-order valence-corrected chi connectivity index (χ0v) is 10.0. The Balaban J connectivity index is 1.96. The number of fused-ring (bicyclic) bond motifs is 1. The first-order valence-electron chi connectivity index (χ1n) is 5.32. The second kappa shape index (κ2) is 4.46. The van der Waals surface area contributed by atoms with Gasteiger partial charge in [-0.2, -0.15) is 5.10 Å². The number of carbonyl (C=O) groups is 1. The van der Waals surface area contributed by atoms with E-state index in [-0.39, 0.29) is 18.2 Å². The lowest BCUT2D eigenvalue weighted by Crippen LogP contribution is -2.32. The highest BCUT2D eigenvalue weighted by atomic mass is 32.2. The molecule has 1 heterocycles. The Morgan fingerprint density at radius 2 is 2.24 bits per heavy atom. The van der Waals surface area contributed by atoms with Crippen molar-refractivity contribution in [1.82, 2.24) is 15.5 Å². The number of aromatic nitrogens is 2. The van der Waals surface area contributed by atoms with Gasteiger partial charge in [0, 0.05) is 17.8 Å². The monoisotopic (exact) mass is 258 g/mol. The van der Waals surface area contributed by atoms with Gasteiger partial charge in [0.15, 0.2) is 5.69 Å². The lowest BCUT2D eigenvalue weighted by atomic mass is 10.2. The van der Waals surface area contributed by atoms with Gasteiger partial charge in [-0.25, -0.2) is 13.6 Å². The first kappa shape index (κ1) is 12.1. The number of hydrogen-bond acceptors (Lipinski definition) is 4. The Morgan fingerprint density at radius 3 is 2.94 bits per heavy atom. The smallest absolute Gasteiger partial charge is 0.272 e. The fraction of sp³-hybridized carbons (Fsp3) is 0.556. The average Bonchev–Trinajstić information content (AvgIpc) is 2.74. The highest BCUT2D eigenvalue weighted by Crippen LogP contribution is 2.22. The van der Waals surface area contributed by atoms with E-state index in [9.17, 15) is 13.2 Å². The zero-order valence-electron chi connectivity index (χ0n) is 9.19. The van der Waals surface area contributed by atoms with Crippen LogP contribution < -0.4 is 10.5 Å². The highest BCUT2D eigenvalue weighted by molar-refractivity contribution is 7.89. The molecule has 17 heavy (non-hydrogen) atoms. The summed E-state index contributed by atoms with van der Waals surface area (Å²) < 4.78 is 21.4. The van der Waals surface area contributed by atoms with E-state index in [1.165, 1.54) is 0 Å². The van der Waals surface area contributed by atoms with Crippen molar-refractivity contribution in [2.75, 3.05) is 12.3 Å². The van der Waals surface area contributed by atoms with E-state index in [2.05, 4.69) is 15.5 Å². The summed E-state index contributed by atoms with van der Waals surface area (Å²) in [5.41, 5.74) is 2.31. The largest absolute Gasteiger partial charge is 0.350 e. The third-order valence-corrected chi connectivity index (χ3v) is 3.47. The van der Waals surface area contributed by atoms with E-state index < -0.39 is 10.0 Å². The van der Waals surface area contributed by atoms with Crippen molar-refractivity contribution in [2.45, 2.75) is 19.3 Å². The second-order valence-electron chi connectivity index (χ2n) is 4.01. The van der Waals surface area contributed by atoms with Crippen LogP contribution in [0.4, 0.5) is 0 Å². The molecule has 94 valence electrons. The molecule has 2 rings (SSSR count). The molecule has 1 amide bonds. The summed E-state index contributed by atoms with van der Waals surface area (Å²) in [4.78, 5) is 11.7. The number of nitrogens with zero attached hydrogens (tertiary/aromatic N) is 1. The van der Waals surface area contributed by atoms with Crippen molar-refractivity contribution in [3.8, 4) is 0 Å². The molecule has 4 N–H and O–H groups in total. The van der Waals surface area contributed by atoms with Crippen molar-refractivity contribution >= 4 is 15.9 Å². The van der Waals surface area contributed by atoms with E-state index in [4.69, 9.17) is 5.14 Å².